The van der Waals surface area contributed by atoms with Gasteiger partial charge in [0.25, 0.3) is 0 Å². The third kappa shape index (κ3) is 4.51. The highest BCUT2D eigenvalue weighted by atomic mass is 35.5. The molecule has 1 atom stereocenters. The Morgan fingerprint density at radius 2 is 2.15 bits per heavy atom. The number of rotatable bonds is 5. The fraction of sp³-hybridized carbons (Fsp3) is 0.750. The predicted molar refractivity (Wildman–Crippen MR) is 55.1 cm³/mol. The second-order valence-corrected chi connectivity index (χ2v) is 5.43. The van der Waals surface area contributed by atoms with E-state index in [0.29, 0.717) is 5.88 Å². The molecule has 13 heavy (non-hydrogen) atoms. The van der Waals surface area contributed by atoms with Gasteiger partial charge in [-0.2, -0.15) is 4.31 Å². The van der Waals surface area contributed by atoms with Gasteiger partial charge in [0.05, 0.1) is 12.3 Å². The van der Waals surface area contributed by atoms with E-state index in [4.69, 9.17) is 18.0 Å². The summed E-state index contributed by atoms with van der Waals surface area (Å²) < 4.78 is 24.1. The van der Waals surface area contributed by atoms with Gasteiger partial charge in [-0.1, -0.05) is 12.8 Å². The standard InChI is InChI=1S/C8H14ClNO2S/c1-4-5-10(3)13(11,12)7-8(2)6-9/h1,8H,5-7H2,2-3H3. The highest BCUT2D eigenvalue weighted by Gasteiger charge is 2.19. The van der Waals surface area contributed by atoms with Gasteiger partial charge in [-0.25, -0.2) is 8.42 Å². The molecule has 0 saturated carbocycles. The summed E-state index contributed by atoms with van der Waals surface area (Å²) in [5, 5.41) is 0. The maximum absolute atomic E-state index is 11.5. The fourth-order valence-electron chi connectivity index (χ4n) is 0.758. The molecule has 76 valence electrons. The lowest BCUT2D eigenvalue weighted by Gasteiger charge is -2.16. The van der Waals surface area contributed by atoms with E-state index in [-0.39, 0.29) is 18.2 Å². The first-order valence-electron chi connectivity index (χ1n) is 3.87. The van der Waals surface area contributed by atoms with Crippen LogP contribution in [0, 0.1) is 18.3 Å². The first-order valence-corrected chi connectivity index (χ1v) is 6.02. The monoisotopic (exact) mass is 223 g/mol. The summed E-state index contributed by atoms with van der Waals surface area (Å²) in [6.45, 7) is 1.89. The highest BCUT2D eigenvalue weighted by molar-refractivity contribution is 7.89. The summed E-state index contributed by atoms with van der Waals surface area (Å²) in [7, 11) is -1.76. The maximum Gasteiger partial charge on any atom is 0.215 e. The van der Waals surface area contributed by atoms with E-state index in [9.17, 15) is 8.42 Å². The summed E-state index contributed by atoms with van der Waals surface area (Å²) in [6, 6.07) is 0. The molecular formula is C8H14ClNO2S. The Morgan fingerprint density at radius 1 is 1.62 bits per heavy atom. The van der Waals surface area contributed by atoms with Crippen molar-refractivity contribution in [3.05, 3.63) is 0 Å². The molecule has 0 saturated heterocycles. The largest absolute Gasteiger partial charge is 0.215 e. The van der Waals surface area contributed by atoms with E-state index in [1.54, 1.807) is 6.92 Å². The van der Waals surface area contributed by atoms with Crippen LogP contribution in [0.3, 0.4) is 0 Å². The van der Waals surface area contributed by atoms with Crippen LogP contribution in [0.2, 0.25) is 0 Å². The van der Waals surface area contributed by atoms with Gasteiger partial charge in [0, 0.05) is 12.9 Å². The average molecular weight is 224 g/mol. The fourth-order valence-corrected chi connectivity index (χ4v) is 2.36. The zero-order valence-corrected chi connectivity index (χ0v) is 9.40. The van der Waals surface area contributed by atoms with Crippen molar-refractivity contribution in [3.63, 3.8) is 0 Å². The van der Waals surface area contributed by atoms with Crippen molar-refractivity contribution in [1.82, 2.24) is 4.31 Å². The molecule has 0 amide bonds. The number of hydrogen-bond donors (Lipinski definition) is 0. The molecule has 0 N–H and O–H groups in total. The first-order chi connectivity index (χ1) is 5.94. The van der Waals surface area contributed by atoms with E-state index in [1.807, 2.05) is 0 Å². The molecule has 0 aliphatic carbocycles. The third-order valence-corrected chi connectivity index (χ3v) is 4.14. The van der Waals surface area contributed by atoms with Crippen LogP contribution in [0.5, 0.6) is 0 Å². The summed E-state index contributed by atoms with van der Waals surface area (Å²) in [5.74, 6) is 2.62. The molecule has 0 aliphatic rings. The molecule has 0 fully saturated rings. The minimum atomic E-state index is -3.23. The minimum Gasteiger partial charge on any atom is -0.212 e. The number of halogens is 1. The van der Waals surface area contributed by atoms with Crippen LogP contribution in [0.4, 0.5) is 0 Å². The number of nitrogens with zero attached hydrogens (tertiary/aromatic N) is 1. The Kier molecular flexibility index (Phi) is 5.38. The van der Waals surface area contributed by atoms with E-state index in [1.165, 1.54) is 7.05 Å². The zero-order chi connectivity index (χ0) is 10.5. The molecule has 5 heteroatoms. The lowest BCUT2D eigenvalue weighted by molar-refractivity contribution is 0.494. The van der Waals surface area contributed by atoms with Crippen molar-refractivity contribution < 1.29 is 8.42 Å². The van der Waals surface area contributed by atoms with Crippen LogP contribution in [0.15, 0.2) is 0 Å². The summed E-state index contributed by atoms with van der Waals surface area (Å²) >= 11 is 5.52. The molecule has 0 aromatic rings. The van der Waals surface area contributed by atoms with Crippen LogP contribution in [0.1, 0.15) is 6.92 Å². The molecule has 0 spiro atoms. The van der Waals surface area contributed by atoms with Gasteiger partial charge in [0.2, 0.25) is 10.0 Å². The summed E-state index contributed by atoms with van der Waals surface area (Å²) in [6.07, 6.45) is 5.01. The second-order valence-electron chi connectivity index (χ2n) is 3.00. The van der Waals surface area contributed by atoms with Crippen LogP contribution in [0.25, 0.3) is 0 Å². The number of hydrogen-bond acceptors (Lipinski definition) is 2. The lowest BCUT2D eigenvalue weighted by atomic mass is 10.3. The lowest BCUT2D eigenvalue weighted by Crippen LogP contribution is -2.32. The Labute approximate surface area is 85.1 Å². The molecule has 0 bridgehead atoms. The Morgan fingerprint density at radius 3 is 2.54 bits per heavy atom. The quantitative estimate of drug-likeness (QED) is 0.510. The van der Waals surface area contributed by atoms with Crippen molar-refractivity contribution in [1.29, 1.82) is 0 Å². The minimum absolute atomic E-state index is 0.0492. The van der Waals surface area contributed by atoms with Crippen molar-refractivity contribution in [2.75, 3.05) is 25.2 Å². The topological polar surface area (TPSA) is 37.4 Å². The first kappa shape index (κ1) is 12.8. The molecule has 0 aromatic heterocycles. The maximum atomic E-state index is 11.5. The molecule has 0 heterocycles. The number of sulfonamides is 1. The van der Waals surface area contributed by atoms with E-state index >= 15 is 0 Å². The molecule has 1 unspecified atom stereocenters. The molecule has 0 rings (SSSR count). The van der Waals surface area contributed by atoms with Crippen LogP contribution in [-0.2, 0) is 10.0 Å². The van der Waals surface area contributed by atoms with E-state index in [0.717, 1.165) is 4.31 Å². The van der Waals surface area contributed by atoms with Gasteiger partial charge >= 0.3 is 0 Å². The molecule has 0 aromatic carbocycles. The summed E-state index contributed by atoms with van der Waals surface area (Å²) in [4.78, 5) is 0. The SMILES string of the molecule is C#CCN(C)S(=O)(=O)CC(C)CCl. The van der Waals surface area contributed by atoms with Crippen LogP contribution < -0.4 is 0 Å². The van der Waals surface area contributed by atoms with Gasteiger partial charge in [0.1, 0.15) is 0 Å². The van der Waals surface area contributed by atoms with Crippen LogP contribution >= 0.6 is 11.6 Å². The van der Waals surface area contributed by atoms with Gasteiger partial charge in [0.15, 0.2) is 0 Å². The molecule has 0 radical (unpaired) electrons. The number of terminal acetylenes is 1. The van der Waals surface area contributed by atoms with E-state index < -0.39 is 10.0 Å². The van der Waals surface area contributed by atoms with Crippen molar-refractivity contribution >= 4 is 21.6 Å². The number of alkyl halides is 1. The molecule has 0 aliphatic heterocycles. The van der Waals surface area contributed by atoms with E-state index in [2.05, 4.69) is 5.92 Å². The second kappa shape index (κ2) is 5.48. The Hall–Kier alpha value is -0.240. The molecule has 3 nitrogen and oxygen atoms in total. The third-order valence-electron chi connectivity index (χ3n) is 1.55. The Bertz CT molecular complexity index is 281. The highest BCUT2D eigenvalue weighted by Crippen LogP contribution is 2.06. The van der Waals surface area contributed by atoms with Gasteiger partial charge in [-0.15, -0.1) is 18.0 Å². The van der Waals surface area contributed by atoms with Crippen molar-refractivity contribution in [2.45, 2.75) is 6.92 Å². The van der Waals surface area contributed by atoms with Gasteiger partial charge < -0.3 is 0 Å². The molecular weight excluding hydrogens is 210 g/mol. The smallest absolute Gasteiger partial charge is 0.212 e. The Balaban J connectivity index is 4.33. The van der Waals surface area contributed by atoms with Crippen molar-refractivity contribution in [3.8, 4) is 12.3 Å². The van der Waals surface area contributed by atoms with Crippen LogP contribution in [-0.4, -0.2) is 37.9 Å². The van der Waals surface area contributed by atoms with Gasteiger partial charge in [-0.3, -0.25) is 0 Å². The summed E-state index contributed by atoms with van der Waals surface area (Å²) in [5.41, 5.74) is 0. The van der Waals surface area contributed by atoms with Gasteiger partial charge in [-0.05, 0) is 5.92 Å². The predicted octanol–water partition coefficient (Wildman–Crippen LogP) is 0.756. The zero-order valence-electron chi connectivity index (χ0n) is 7.83. The normalized spacial score (nSPS) is 14.1. The van der Waals surface area contributed by atoms with Crippen molar-refractivity contribution in [2.24, 2.45) is 5.92 Å². The average Bonchev–Trinajstić information content (AvgIpc) is 2.04.